The van der Waals surface area contributed by atoms with Crippen molar-refractivity contribution in [3.63, 3.8) is 0 Å². The molecule has 0 fully saturated rings. The van der Waals surface area contributed by atoms with Gasteiger partial charge in [0.2, 0.25) is 0 Å². The van der Waals surface area contributed by atoms with Gasteiger partial charge >= 0.3 is 0 Å². The number of hydrogen-bond acceptors (Lipinski definition) is 6. The number of rotatable bonds is 6. The van der Waals surface area contributed by atoms with Gasteiger partial charge in [-0.05, 0) is 54.4 Å². The molecule has 4 rings (SSSR count). The number of benzene rings is 2. The maximum atomic E-state index is 13.6. The van der Waals surface area contributed by atoms with E-state index in [4.69, 9.17) is 26.1 Å². The van der Waals surface area contributed by atoms with Crippen LogP contribution in [0.25, 0.3) is 10.2 Å². The van der Waals surface area contributed by atoms with Crippen LogP contribution in [-0.4, -0.2) is 30.1 Å². The van der Waals surface area contributed by atoms with Gasteiger partial charge in [0.1, 0.15) is 0 Å². The lowest BCUT2D eigenvalue weighted by Crippen LogP contribution is -2.30. The fourth-order valence-corrected chi connectivity index (χ4v) is 4.70. The Labute approximate surface area is 189 Å². The summed E-state index contributed by atoms with van der Waals surface area (Å²) >= 11 is 7.65. The van der Waals surface area contributed by atoms with Crippen molar-refractivity contribution in [2.75, 3.05) is 19.1 Å². The molecule has 6 nitrogen and oxygen atoms in total. The summed E-state index contributed by atoms with van der Waals surface area (Å²) in [7, 11) is 3.10. The molecule has 4 aromatic rings. The molecule has 2 aromatic heterocycles. The van der Waals surface area contributed by atoms with Gasteiger partial charge in [0.25, 0.3) is 5.91 Å². The predicted octanol–water partition coefficient (Wildman–Crippen LogP) is 5.52. The molecule has 0 saturated carbocycles. The van der Waals surface area contributed by atoms with E-state index in [1.807, 2.05) is 31.2 Å². The first-order valence-corrected chi connectivity index (χ1v) is 10.7. The number of methoxy groups -OCH3 is 2. The minimum atomic E-state index is -0.201. The van der Waals surface area contributed by atoms with E-state index in [0.29, 0.717) is 33.8 Å². The molecule has 0 bridgehead atoms. The largest absolute Gasteiger partial charge is 0.493 e. The van der Waals surface area contributed by atoms with Crippen LogP contribution in [0.4, 0.5) is 5.13 Å². The number of carbonyl (C=O) groups is 1. The Hall–Kier alpha value is -3.16. The summed E-state index contributed by atoms with van der Waals surface area (Å²) in [5.41, 5.74) is 3.16. The lowest BCUT2D eigenvalue weighted by Gasteiger charge is -2.20. The summed E-state index contributed by atoms with van der Waals surface area (Å²) in [5.74, 6) is 0.845. The molecular formula is C23H20ClN3O3S. The molecule has 0 atom stereocenters. The van der Waals surface area contributed by atoms with Crippen LogP contribution in [-0.2, 0) is 6.54 Å². The molecule has 0 unspecified atom stereocenters. The normalized spacial score (nSPS) is 10.8. The topological polar surface area (TPSA) is 64.5 Å². The molecule has 0 spiro atoms. The third-order valence-electron chi connectivity index (χ3n) is 4.81. The summed E-state index contributed by atoms with van der Waals surface area (Å²) in [6.45, 7) is 2.28. The van der Waals surface area contributed by atoms with E-state index in [-0.39, 0.29) is 5.91 Å². The summed E-state index contributed by atoms with van der Waals surface area (Å²) in [6, 6.07) is 12.6. The molecule has 2 heterocycles. The van der Waals surface area contributed by atoms with E-state index < -0.39 is 0 Å². The number of fused-ring (bicyclic) bond motifs is 1. The van der Waals surface area contributed by atoms with Crippen molar-refractivity contribution >= 4 is 44.2 Å². The SMILES string of the molecule is COc1ccc(C(=O)N(Cc2cccnc2)c2nc3c(C)cc(Cl)cc3s2)cc1OC. The number of nitrogens with zero attached hydrogens (tertiary/aromatic N) is 3. The van der Waals surface area contributed by atoms with E-state index in [9.17, 15) is 4.79 Å². The minimum Gasteiger partial charge on any atom is -0.493 e. The van der Waals surface area contributed by atoms with E-state index in [0.717, 1.165) is 21.3 Å². The summed E-state index contributed by atoms with van der Waals surface area (Å²) in [6.07, 6.45) is 3.44. The number of anilines is 1. The highest BCUT2D eigenvalue weighted by Gasteiger charge is 2.23. The molecule has 0 aliphatic rings. The maximum Gasteiger partial charge on any atom is 0.260 e. The van der Waals surface area contributed by atoms with Gasteiger partial charge in [-0.2, -0.15) is 0 Å². The van der Waals surface area contributed by atoms with E-state index in [1.54, 1.807) is 49.7 Å². The van der Waals surface area contributed by atoms with Crippen LogP contribution >= 0.6 is 22.9 Å². The number of halogens is 1. The molecule has 0 aliphatic heterocycles. The number of ether oxygens (including phenoxy) is 2. The summed E-state index contributed by atoms with van der Waals surface area (Å²) in [5, 5.41) is 1.23. The van der Waals surface area contributed by atoms with Gasteiger partial charge in [0, 0.05) is 23.0 Å². The van der Waals surface area contributed by atoms with Crippen LogP contribution in [0, 0.1) is 6.92 Å². The first kappa shape index (κ1) is 21.1. The van der Waals surface area contributed by atoms with Gasteiger partial charge in [-0.15, -0.1) is 0 Å². The van der Waals surface area contributed by atoms with Crippen molar-refractivity contribution in [2.24, 2.45) is 0 Å². The van der Waals surface area contributed by atoms with E-state index in [1.165, 1.54) is 11.3 Å². The molecule has 1 amide bonds. The Morgan fingerprint density at radius 1 is 1.13 bits per heavy atom. The van der Waals surface area contributed by atoms with Crippen molar-refractivity contribution in [1.29, 1.82) is 0 Å². The van der Waals surface area contributed by atoms with Crippen LogP contribution in [0.1, 0.15) is 21.5 Å². The lowest BCUT2D eigenvalue weighted by molar-refractivity contribution is 0.0984. The number of pyridine rings is 1. The number of aryl methyl sites for hydroxylation is 1. The highest BCUT2D eigenvalue weighted by atomic mass is 35.5. The molecule has 2 aromatic carbocycles. The van der Waals surface area contributed by atoms with Crippen molar-refractivity contribution in [1.82, 2.24) is 9.97 Å². The second-order valence-corrected chi connectivity index (χ2v) is 8.33. The number of amides is 1. The molecule has 0 N–H and O–H groups in total. The first-order valence-electron chi connectivity index (χ1n) is 9.49. The predicted molar refractivity (Wildman–Crippen MR) is 124 cm³/mol. The maximum absolute atomic E-state index is 13.6. The third kappa shape index (κ3) is 4.33. The molecular weight excluding hydrogens is 434 g/mol. The Morgan fingerprint density at radius 3 is 2.65 bits per heavy atom. The smallest absolute Gasteiger partial charge is 0.260 e. The third-order valence-corrected chi connectivity index (χ3v) is 6.05. The Morgan fingerprint density at radius 2 is 1.94 bits per heavy atom. The van der Waals surface area contributed by atoms with Crippen molar-refractivity contribution < 1.29 is 14.3 Å². The van der Waals surface area contributed by atoms with Crippen LogP contribution in [0.5, 0.6) is 11.5 Å². The molecule has 0 saturated heterocycles. The monoisotopic (exact) mass is 453 g/mol. The van der Waals surface area contributed by atoms with E-state index in [2.05, 4.69) is 4.98 Å². The zero-order valence-corrected chi connectivity index (χ0v) is 18.8. The average molecular weight is 454 g/mol. The second-order valence-electron chi connectivity index (χ2n) is 6.89. The highest BCUT2D eigenvalue weighted by molar-refractivity contribution is 7.22. The van der Waals surface area contributed by atoms with Crippen molar-refractivity contribution in [2.45, 2.75) is 13.5 Å². The van der Waals surface area contributed by atoms with Crippen LogP contribution in [0.15, 0.2) is 54.9 Å². The fraction of sp³-hybridized carbons (Fsp3) is 0.174. The quantitative estimate of drug-likeness (QED) is 0.384. The molecule has 31 heavy (non-hydrogen) atoms. The lowest BCUT2D eigenvalue weighted by atomic mass is 10.1. The standard InChI is InChI=1S/C23H20ClN3O3S/c1-14-9-17(24)11-20-21(14)26-23(31-20)27(13-15-5-4-8-25-12-15)22(28)16-6-7-18(29-2)19(10-16)30-3/h4-12H,13H2,1-3H3. The number of hydrogen-bond donors (Lipinski definition) is 0. The number of carbonyl (C=O) groups excluding carboxylic acids is 1. The van der Waals surface area contributed by atoms with Crippen LogP contribution in [0.2, 0.25) is 5.02 Å². The first-order chi connectivity index (χ1) is 15.0. The van der Waals surface area contributed by atoms with Crippen molar-refractivity contribution in [3.05, 3.63) is 76.6 Å². The van der Waals surface area contributed by atoms with Gasteiger partial charge in [-0.3, -0.25) is 14.7 Å². The fourth-order valence-electron chi connectivity index (χ4n) is 3.28. The zero-order chi connectivity index (χ0) is 22.0. The van der Waals surface area contributed by atoms with Gasteiger partial charge in [0.05, 0.1) is 31.0 Å². The summed E-state index contributed by atoms with van der Waals surface area (Å²) < 4.78 is 11.6. The van der Waals surface area contributed by atoms with Crippen LogP contribution < -0.4 is 14.4 Å². The molecule has 8 heteroatoms. The van der Waals surface area contributed by atoms with Crippen LogP contribution in [0.3, 0.4) is 0 Å². The Balaban J connectivity index is 1.79. The molecule has 0 radical (unpaired) electrons. The Kier molecular flexibility index (Phi) is 6.06. The van der Waals surface area contributed by atoms with Crippen molar-refractivity contribution in [3.8, 4) is 11.5 Å². The minimum absolute atomic E-state index is 0.201. The summed E-state index contributed by atoms with van der Waals surface area (Å²) in [4.78, 5) is 24.2. The van der Waals surface area contributed by atoms with Gasteiger partial charge in [-0.25, -0.2) is 4.98 Å². The van der Waals surface area contributed by atoms with E-state index >= 15 is 0 Å². The number of aromatic nitrogens is 2. The Bertz CT molecular complexity index is 1240. The average Bonchev–Trinajstić information content (AvgIpc) is 3.21. The molecule has 0 aliphatic carbocycles. The van der Waals surface area contributed by atoms with Gasteiger partial charge < -0.3 is 9.47 Å². The molecule has 158 valence electrons. The highest BCUT2D eigenvalue weighted by Crippen LogP contribution is 2.35. The van der Waals surface area contributed by atoms with Gasteiger partial charge in [-0.1, -0.05) is 29.0 Å². The van der Waals surface area contributed by atoms with Gasteiger partial charge in [0.15, 0.2) is 16.6 Å². The second kappa shape index (κ2) is 8.91. The zero-order valence-electron chi connectivity index (χ0n) is 17.3. The number of thiazole rings is 1.